The maximum atomic E-state index is 6.79. The molecule has 0 saturated carbocycles. The number of benzene rings is 1. The maximum Gasteiger partial charge on any atom is 0.147 e. The van der Waals surface area contributed by atoms with Gasteiger partial charge in [0.05, 0.1) is 9.93 Å². The van der Waals surface area contributed by atoms with Crippen molar-refractivity contribution in [1.29, 1.82) is 0 Å². The van der Waals surface area contributed by atoms with Gasteiger partial charge in [-0.3, -0.25) is 0 Å². The van der Waals surface area contributed by atoms with Crippen LogP contribution in [-0.4, -0.2) is 46.6 Å². The summed E-state index contributed by atoms with van der Waals surface area (Å²) in [5, 5.41) is 0.449. The molecule has 1 spiro atoms. The fraction of sp³-hybridized carbons (Fsp3) is 0.296. The summed E-state index contributed by atoms with van der Waals surface area (Å²) in [6.45, 7) is 1.79. The Morgan fingerprint density at radius 3 is 2.76 bits per heavy atom. The molecule has 190 valence electrons. The number of aliphatic imine (C=N–C) groups is 2. The zero-order valence-corrected chi connectivity index (χ0v) is 22.1. The summed E-state index contributed by atoms with van der Waals surface area (Å²) in [5.74, 6) is 2.87. The van der Waals surface area contributed by atoms with E-state index in [1.54, 1.807) is 6.20 Å². The van der Waals surface area contributed by atoms with Gasteiger partial charge in [0, 0.05) is 49.2 Å². The van der Waals surface area contributed by atoms with Gasteiger partial charge in [0.2, 0.25) is 0 Å². The van der Waals surface area contributed by atoms with Crippen molar-refractivity contribution in [3.8, 4) is 0 Å². The fourth-order valence-corrected chi connectivity index (χ4v) is 6.85. The fourth-order valence-electron chi connectivity index (χ4n) is 5.65. The molecule has 4 aliphatic rings. The van der Waals surface area contributed by atoms with E-state index in [9.17, 15) is 0 Å². The lowest BCUT2D eigenvalue weighted by molar-refractivity contribution is 0.128. The molecular formula is C27H29ClN8S. The van der Waals surface area contributed by atoms with Gasteiger partial charge in [0.15, 0.2) is 0 Å². The molecular weight excluding hydrogens is 504 g/mol. The normalized spacial score (nSPS) is 25.8. The SMILES string of the molecule is CN1C2=CC=C(Sc3ccnc(N)c3Cl)/C1=N/C=C/C(N1CCC3(CC1)Cc1ccc(N)cc1C3N)=N\2. The third-order valence-corrected chi connectivity index (χ3v) is 9.41. The molecule has 3 aliphatic heterocycles. The topological polar surface area (TPSA) is 122 Å². The molecule has 1 fully saturated rings. The zero-order valence-electron chi connectivity index (χ0n) is 20.6. The van der Waals surface area contributed by atoms with Crippen molar-refractivity contribution in [2.45, 2.75) is 30.2 Å². The molecule has 1 atom stereocenters. The molecule has 1 aliphatic carbocycles. The van der Waals surface area contributed by atoms with Gasteiger partial charge in [-0.15, -0.1) is 0 Å². The van der Waals surface area contributed by atoms with Crippen LogP contribution in [0.1, 0.15) is 30.0 Å². The van der Waals surface area contributed by atoms with Gasteiger partial charge >= 0.3 is 0 Å². The number of thioether (sulfide) groups is 1. The third-order valence-electron chi connectivity index (χ3n) is 7.81. The summed E-state index contributed by atoms with van der Waals surface area (Å²) in [6.07, 6.45) is 12.5. The second kappa shape index (κ2) is 9.24. The van der Waals surface area contributed by atoms with Crippen molar-refractivity contribution in [3.63, 3.8) is 0 Å². The number of amidine groups is 2. The Bertz CT molecular complexity index is 1420. The van der Waals surface area contributed by atoms with Crippen LogP contribution >= 0.6 is 23.4 Å². The van der Waals surface area contributed by atoms with Gasteiger partial charge in [-0.1, -0.05) is 29.4 Å². The molecule has 4 heterocycles. The van der Waals surface area contributed by atoms with Crippen molar-refractivity contribution in [2.24, 2.45) is 21.1 Å². The number of rotatable bonds is 2. The number of nitrogens with two attached hydrogens (primary N) is 3. The third kappa shape index (κ3) is 4.21. The van der Waals surface area contributed by atoms with E-state index in [0.717, 1.165) is 65.3 Å². The van der Waals surface area contributed by atoms with Gasteiger partial charge in [0.1, 0.15) is 23.3 Å². The first-order valence-corrected chi connectivity index (χ1v) is 13.5. The number of halogens is 1. The number of likely N-dealkylation sites (N-methyl/N-ethyl adjacent to an activating group) is 1. The number of likely N-dealkylation sites (tertiary alicyclic amines) is 1. The predicted octanol–water partition coefficient (Wildman–Crippen LogP) is 4.32. The number of hydrogen-bond acceptors (Lipinski definition) is 9. The van der Waals surface area contributed by atoms with E-state index in [2.05, 4.69) is 22.0 Å². The Balaban J connectivity index is 1.21. The molecule has 0 amide bonds. The Hall–Kier alpha value is -3.27. The molecule has 6 N–H and O–H groups in total. The Labute approximate surface area is 225 Å². The maximum absolute atomic E-state index is 6.79. The summed E-state index contributed by atoms with van der Waals surface area (Å²) >= 11 is 7.88. The molecule has 0 radical (unpaired) electrons. The highest BCUT2D eigenvalue weighted by atomic mass is 35.5. The van der Waals surface area contributed by atoms with E-state index in [1.807, 2.05) is 48.5 Å². The summed E-state index contributed by atoms with van der Waals surface area (Å²) in [5.41, 5.74) is 22.1. The highest BCUT2D eigenvalue weighted by Crippen LogP contribution is 2.51. The number of nitrogen functional groups attached to an aromatic ring is 2. The minimum Gasteiger partial charge on any atom is -0.399 e. The Morgan fingerprint density at radius 2 is 1.95 bits per heavy atom. The molecule has 6 rings (SSSR count). The summed E-state index contributed by atoms with van der Waals surface area (Å²) < 4.78 is 0. The largest absolute Gasteiger partial charge is 0.399 e. The van der Waals surface area contributed by atoms with Crippen molar-refractivity contribution in [1.82, 2.24) is 14.8 Å². The first-order valence-electron chi connectivity index (χ1n) is 12.3. The summed E-state index contributed by atoms with van der Waals surface area (Å²) in [4.78, 5) is 20.0. The quantitative estimate of drug-likeness (QED) is 0.492. The van der Waals surface area contributed by atoms with Crippen LogP contribution in [0, 0.1) is 5.41 Å². The number of hydrogen-bond donors (Lipinski definition) is 3. The van der Waals surface area contributed by atoms with Crippen LogP contribution < -0.4 is 17.2 Å². The standard InChI is InChI=1S/C27H29ClN8S/c1-35-21-5-4-20(37-19-6-10-32-25(31)23(19)28)26(35)33-11-7-22(34-21)36-12-8-27(9-13-36)15-16-2-3-17(29)14-18(16)24(27)30/h2-7,10-11,14,24H,8-9,12-13,15,29-30H2,1H3,(H2,31,32)/b11-7+,22-7?,33-11?,33-26-,34-21?,34-22+. The van der Waals surface area contributed by atoms with E-state index < -0.39 is 0 Å². The first kappa shape index (κ1) is 24.1. The average molecular weight is 533 g/mol. The lowest BCUT2D eigenvalue weighted by Crippen LogP contribution is -2.46. The van der Waals surface area contributed by atoms with Crippen LogP contribution in [0.5, 0.6) is 0 Å². The van der Waals surface area contributed by atoms with Gasteiger partial charge in [0.25, 0.3) is 0 Å². The molecule has 1 aromatic heterocycles. The van der Waals surface area contributed by atoms with E-state index in [-0.39, 0.29) is 11.5 Å². The van der Waals surface area contributed by atoms with E-state index in [1.165, 1.54) is 22.9 Å². The molecule has 10 heteroatoms. The monoisotopic (exact) mass is 532 g/mol. The lowest BCUT2D eigenvalue weighted by atomic mass is 9.73. The number of piperidine rings is 1. The van der Waals surface area contributed by atoms with E-state index >= 15 is 0 Å². The minimum absolute atomic E-state index is 0.0209. The second-order valence-electron chi connectivity index (χ2n) is 9.93. The molecule has 2 aromatic rings. The zero-order chi connectivity index (χ0) is 25.7. The predicted molar refractivity (Wildman–Crippen MR) is 152 cm³/mol. The van der Waals surface area contributed by atoms with Crippen molar-refractivity contribution in [2.75, 3.05) is 31.6 Å². The molecule has 1 aromatic carbocycles. The number of pyridine rings is 1. The minimum atomic E-state index is 0.0209. The van der Waals surface area contributed by atoms with Gasteiger partial charge < -0.3 is 27.0 Å². The number of allylic oxidation sites excluding steroid dienone is 2. The smallest absolute Gasteiger partial charge is 0.147 e. The van der Waals surface area contributed by atoms with Gasteiger partial charge in [-0.05, 0) is 72.2 Å². The number of aromatic nitrogens is 1. The summed E-state index contributed by atoms with van der Waals surface area (Å²) in [7, 11) is 1.98. The van der Waals surface area contributed by atoms with Crippen LogP contribution in [-0.2, 0) is 6.42 Å². The highest BCUT2D eigenvalue weighted by molar-refractivity contribution is 8.04. The van der Waals surface area contributed by atoms with Gasteiger partial charge in [-0.25, -0.2) is 15.0 Å². The van der Waals surface area contributed by atoms with E-state index in [0.29, 0.717) is 10.8 Å². The number of nitrogens with zero attached hydrogens (tertiary/aromatic N) is 5. The van der Waals surface area contributed by atoms with E-state index in [4.69, 9.17) is 38.8 Å². The van der Waals surface area contributed by atoms with Crippen LogP contribution in [0.25, 0.3) is 0 Å². The highest BCUT2D eigenvalue weighted by Gasteiger charge is 2.46. The van der Waals surface area contributed by atoms with Crippen molar-refractivity contribution < 1.29 is 0 Å². The van der Waals surface area contributed by atoms with Crippen molar-refractivity contribution in [3.05, 3.63) is 81.8 Å². The van der Waals surface area contributed by atoms with Crippen molar-refractivity contribution >= 4 is 46.5 Å². The average Bonchev–Trinajstić information content (AvgIpc) is 3.15. The van der Waals surface area contributed by atoms with Crippen LogP contribution in [0.2, 0.25) is 5.02 Å². The van der Waals surface area contributed by atoms with Gasteiger partial charge in [-0.2, -0.15) is 0 Å². The number of anilines is 2. The first-order chi connectivity index (χ1) is 17.8. The molecule has 8 nitrogen and oxygen atoms in total. The molecule has 1 unspecified atom stereocenters. The Kier molecular flexibility index (Phi) is 6.01. The molecule has 37 heavy (non-hydrogen) atoms. The lowest BCUT2D eigenvalue weighted by Gasteiger charge is -2.43. The van der Waals surface area contributed by atoms with Crippen LogP contribution in [0.4, 0.5) is 11.5 Å². The molecule has 1 saturated heterocycles. The summed E-state index contributed by atoms with van der Waals surface area (Å²) in [6, 6.07) is 8.06. The van der Waals surface area contributed by atoms with Crippen LogP contribution in [0.15, 0.2) is 80.5 Å². The molecule has 2 bridgehead atoms. The Morgan fingerprint density at radius 1 is 1.14 bits per heavy atom. The second-order valence-corrected chi connectivity index (χ2v) is 11.4. The van der Waals surface area contributed by atoms with Crippen LogP contribution in [0.3, 0.4) is 0 Å². The number of fused-ring (bicyclic) bond motifs is 3.